The van der Waals surface area contributed by atoms with E-state index in [1.165, 1.54) is 33.4 Å². The summed E-state index contributed by atoms with van der Waals surface area (Å²) in [5.41, 5.74) is 10.1. The van der Waals surface area contributed by atoms with Crippen LogP contribution in [-0.4, -0.2) is 38.3 Å². The van der Waals surface area contributed by atoms with Gasteiger partial charge in [-0.2, -0.15) is 28.2 Å². The van der Waals surface area contributed by atoms with Gasteiger partial charge in [-0.15, -0.1) is 17.0 Å². The van der Waals surface area contributed by atoms with E-state index in [4.69, 9.17) is 10.3 Å². The van der Waals surface area contributed by atoms with E-state index in [9.17, 15) is 5.11 Å². The van der Waals surface area contributed by atoms with Crippen LogP contribution in [0.3, 0.4) is 0 Å². The largest absolute Gasteiger partial charge is 2.00 e. The molecule has 42 heavy (non-hydrogen) atoms. The third kappa shape index (κ3) is 9.87. The third-order valence-corrected chi connectivity index (χ3v) is 7.45. The van der Waals surface area contributed by atoms with E-state index in [0.717, 1.165) is 22.0 Å². The minimum Gasteiger partial charge on any atom is -0.672 e. The molecular formula is C35H47N4OSZr-. The average Bonchev–Trinajstić information content (AvgIpc) is 3.38. The number of hydrogen-bond acceptors (Lipinski definition) is 3. The van der Waals surface area contributed by atoms with Crippen molar-refractivity contribution in [3.8, 4) is 17.0 Å². The van der Waals surface area contributed by atoms with Gasteiger partial charge in [-0.25, -0.2) is 4.98 Å². The number of para-hydroxylation sites is 2. The van der Waals surface area contributed by atoms with Crippen LogP contribution in [0.1, 0.15) is 84.0 Å². The van der Waals surface area contributed by atoms with E-state index in [1.807, 2.05) is 23.6 Å². The quantitative estimate of drug-likeness (QED) is 0.214. The molecular weight excluding hydrogens is 616 g/mol. The Labute approximate surface area is 277 Å². The summed E-state index contributed by atoms with van der Waals surface area (Å²) in [6.45, 7) is 15.4. The summed E-state index contributed by atoms with van der Waals surface area (Å²) >= 11 is 1.61. The van der Waals surface area contributed by atoms with Crippen molar-refractivity contribution in [2.24, 2.45) is 0 Å². The fourth-order valence-electron chi connectivity index (χ4n) is 4.88. The van der Waals surface area contributed by atoms with E-state index < -0.39 is 0 Å². The Kier molecular flexibility index (Phi) is 16.5. The van der Waals surface area contributed by atoms with Gasteiger partial charge in [0.05, 0.1) is 10.7 Å². The van der Waals surface area contributed by atoms with Gasteiger partial charge in [0, 0.05) is 10.9 Å². The van der Waals surface area contributed by atoms with Crippen LogP contribution in [0, 0.1) is 20.8 Å². The Bertz CT molecular complexity index is 1330. The molecule has 5 nitrogen and oxygen atoms in total. The zero-order chi connectivity index (χ0) is 30.7. The first-order chi connectivity index (χ1) is 19.5. The Morgan fingerprint density at radius 3 is 1.74 bits per heavy atom. The van der Waals surface area contributed by atoms with Crippen molar-refractivity contribution in [3.05, 3.63) is 114 Å². The average molecular weight is 663 g/mol. The SMILES string of the molecule is C[N-]C.C[N-]C.Cc1cc(C)c(C([N-]c2c(C(C)C)cccc2C(C)C)c2nc(-c3ccccc3O)cs2)c(C)c1.[Zr+2]. The maximum absolute atomic E-state index is 10.4. The number of phenols is 1. The van der Waals surface area contributed by atoms with E-state index in [0.29, 0.717) is 11.8 Å². The molecule has 0 spiro atoms. The number of benzene rings is 3. The Balaban J connectivity index is 0.00000116. The fraction of sp³-hybridized carbons (Fsp3) is 0.400. The molecule has 4 rings (SSSR count). The summed E-state index contributed by atoms with van der Waals surface area (Å²) in [5.74, 6) is 0.968. The minimum atomic E-state index is -0.224. The van der Waals surface area contributed by atoms with E-state index >= 15 is 0 Å². The fourth-order valence-corrected chi connectivity index (χ4v) is 5.75. The van der Waals surface area contributed by atoms with Gasteiger partial charge in [0.2, 0.25) is 0 Å². The first-order valence-electron chi connectivity index (χ1n) is 14.1. The molecule has 1 N–H and O–H groups in total. The molecule has 0 saturated heterocycles. The number of aromatic hydroxyl groups is 1. The second-order valence-corrected chi connectivity index (χ2v) is 11.8. The normalized spacial score (nSPS) is 11.2. The number of hydrogen-bond donors (Lipinski definition) is 1. The Morgan fingerprint density at radius 1 is 0.762 bits per heavy atom. The molecule has 0 saturated carbocycles. The number of aryl methyl sites for hydroxylation is 3. The second-order valence-electron chi connectivity index (χ2n) is 10.9. The number of phenolic OH excluding ortho intramolecular Hbond substituents is 1. The number of nitrogens with zero attached hydrogens (tertiary/aromatic N) is 4. The van der Waals surface area contributed by atoms with Crippen LogP contribution in [0.2, 0.25) is 0 Å². The predicted octanol–water partition coefficient (Wildman–Crippen LogP) is 10.7. The number of rotatable bonds is 7. The summed E-state index contributed by atoms with van der Waals surface area (Å²) in [6, 6.07) is 18.2. The number of thiazole rings is 1. The summed E-state index contributed by atoms with van der Waals surface area (Å²) in [5, 5.41) is 25.9. The summed E-state index contributed by atoms with van der Waals surface area (Å²) in [6.07, 6.45) is 0. The van der Waals surface area contributed by atoms with Crippen LogP contribution < -0.4 is 0 Å². The van der Waals surface area contributed by atoms with Gasteiger partial charge in [-0.3, -0.25) is 0 Å². The zero-order valence-electron chi connectivity index (χ0n) is 27.1. The van der Waals surface area contributed by atoms with Crippen molar-refractivity contribution in [2.75, 3.05) is 28.2 Å². The molecule has 1 atom stereocenters. The molecule has 0 aliphatic carbocycles. The van der Waals surface area contributed by atoms with E-state index in [-0.39, 0.29) is 38.0 Å². The molecule has 0 fully saturated rings. The molecule has 1 heterocycles. The predicted molar refractivity (Wildman–Crippen MR) is 180 cm³/mol. The van der Waals surface area contributed by atoms with Gasteiger partial charge >= 0.3 is 26.2 Å². The first kappa shape index (κ1) is 37.7. The standard InChI is InChI=1S/C31H35N2OS.2C2H6N.Zr/c1-18(2)23-12-10-13-24(19(3)4)29(23)33-30(28-21(6)15-20(5)16-22(28)7)31-32-26(17-35-31)25-11-8-9-14-27(25)34;2*1-3-2;/h8-19,30,34H,1-7H3;2*1-2H3;/q3*-1;+2. The molecule has 0 bridgehead atoms. The molecule has 0 aliphatic rings. The Hall–Kier alpha value is -2.31. The molecule has 1 unspecified atom stereocenters. The van der Waals surface area contributed by atoms with Crippen molar-refractivity contribution in [1.82, 2.24) is 4.98 Å². The van der Waals surface area contributed by atoms with Gasteiger partial charge in [-0.1, -0.05) is 86.8 Å². The van der Waals surface area contributed by atoms with Crippen LogP contribution in [0.25, 0.3) is 27.2 Å². The molecule has 1 aromatic heterocycles. The van der Waals surface area contributed by atoms with Gasteiger partial charge in [-0.05, 0) is 67.5 Å². The summed E-state index contributed by atoms with van der Waals surface area (Å²) in [7, 11) is 7.00. The van der Waals surface area contributed by atoms with Crippen LogP contribution >= 0.6 is 11.3 Å². The molecule has 0 amide bonds. The van der Waals surface area contributed by atoms with Crippen molar-refractivity contribution in [2.45, 2.75) is 66.3 Å². The topological polar surface area (TPSA) is 75.4 Å². The van der Waals surface area contributed by atoms with Crippen molar-refractivity contribution in [1.29, 1.82) is 0 Å². The monoisotopic (exact) mass is 661 g/mol. The summed E-state index contributed by atoms with van der Waals surface area (Å²) < 4.78 is 0. The van der Waals surface area contributed by atoms with Crippen LogP contribution in [0.5, 0.6) is 5.75 Å². The van der Waals surface area contributed by atoms with E-state index in [2.05, 4.69) is 89.4 Å². The van der Waals surface area contributed by atoms with E-state index in [1.54, 1.807) is 45.6 Å². The zero-order valence-corrected chi connectivity index (χ0v) is 30.4. The smallest absolute Gasteiger partial charge is 0.672 e. The van der Waals surface area contributed by atoms with Gasteiger partial charge in [0.25, 0.3) is 0 Å². The first-order valence-corrected chi connectivity index (χ1v) is 15.0. The van der Waals surface area contributed by atoms with Crippen LogP contribution in [0.15, 0.2) is 60.0 Å². The molecule has 224 valence electrons. The maximum atomic E-state index is 10.4. The summed E-state index contributed by atoms with van der Waals surface area (Å²) in [4.78, 5) is 5.03. The third-order valence-electron chi connectivity index (χ3n) is 6.55. The molecule has 0 radical (unpaired) electrons. The number of aromatic nitrogens is 1. The van der Waals surface area contributed by atoms with Gasteiger partial charge < -0.3 is 21.1 Å². The molecule has 0 aliphatic heterocycles. The van der Waals surface area contributed by atoms with Crippen LogP contribution in [0.4, 0.5) is 5.69 Å². The maximum Gasteiger partial charge on any atom is 2.00 e. The van der Waals surface area contributed by atoms with Crippen molar-refractivity contribution in [3.63, 3.8) is 0 Å². The Morgan fingerprint density at radius 2 is 1.26 bits per heavy atom. The van der Waals surface area contributed by atoms with Crippen LogP contribution in [-0.2, 0) is 26.2 Å². The van der Waals surface area contributed by atoms with Crippen molar-refractivity contribution < 1.29 is 31.3 Å². The minimum absolute atomic E-state index is 0. The molecule has 4 aromatic rings. The molecule has 7 heteroatoms. The van der Waals surface area contributed by atoms with Crippen molar-refractivity contribution >= 4 is 17.0 Å². The molecule has 3 aromatic carbocycles. The second kappa shape index (κ2) is 18.4. The van der Waals surface area contributed by atoms with Gasteiger partial charge in [0.15, 0.2) is 0 Å². The van der Waals surface area contributed by atoms with Gasteiger partial charge in [0.1, 0.15) is 5.75 Å².